The summed E-state index contributed by atoms with van der Waals surface area (Å²) in [6.07, 6.45) is 7.37. The van der Waals surface area contributed by atoms with Crippen LogP contribution >= 0.6 is 24.0 Å². The van der Waals surface area contributed by atoms with Crippen LogP contribution in [0.25, 0.3) is 11.6 Å². The van der Waals surface area contributed by atoms with Crippen molar-refractivity contribution in [2.75, 3.05) is 13.1 Å². The van der Waals surface area contributed by atoms with Gasteiger partial charge in [-0.15, -0.1) is 24.0 Å². The molecule has 2 aromatic heterocycles. The minimum absolute atomic E-state index is 0. The summed E-state index contributed by atoms with van der Waals surface area (Å²) >= 11 is 0. The molecule has 0 saturated heterocycles. The maximum absolute atomic E-state index is 5.30. The second-order valence-electron chi connectivity index (χ2n) is 7.74. The number of hydrogen-bond acceptors (Lipinski definition) is 5. The third kappa shape index (κ3) is 7.24. The van der Waals surface area contributed by atoms with E-state index in [1.54, 1.807) is 6.20 Å². The molecule has 8 heteroatoms. The summed E-state index contributed by atoms with van der Waals surface area (Å²) in [4.78, 5) is 13.3. The first kappa shape index (κ1) is 23.6. The van der Waals surface area contributed by atoms with Gasteiger partial charge in [0, 0.05) is 31.7 Å². The average molecular weight is 512 g/mol. The lowest BCUT2D eigenvalue weighted by molar-refractivity contribution is 0.250. The summed E-state index contributed by atoms with van der Waals surface area (Å²) < 4.78 is 5.30. The zero-order valence-corrected chi connectivity index (χ0v) is 19.9. The van der Waals surface area contributed by atoms with Crippen molar-refractivity contribution in [1.29, 1.82) is 0 Å². The molecule has 7 nitrogen and oxygen atoms in total. The Kier molecular flexibility index (Phi) is 9.83. The average Bonchev–Trinajstić information content (AvgIpc) is 3.18. The summed E-state index contributed by atoms with van der Waals surface area (Å²) in [7, 11) is 0. The molecule has 2 aromatic rings. The second-order valence-corrected chi connectivity index (χ2v) is 7.74. The number of halogens is 1. The van der Waals surface area contributed by atoms with E-state index < -0.39 is 0 Å². The fourth-order valence-electron chi connectivity index (χ4n) is 3.66. The van der Waals surface area contributed by atoms with Gasteiger partial charge in [-0.2, -0.15) is 4.98 Å². The van der Waals surface area contributed by atoms with Gasteiger partial charge in [0.05, 0.1) is 0 Å². The fourth-order valence-corrected chi connectivity index (χ4v) is 3.66. The lowest BCUT2D eigenvalue weighted by Crippen LogP contribution is -2.45. The van der Waals surface area contributed by atoms with E-state index in [9.17, 15) is 0 Å². The van der Waals surface area contributed by atoms with Gasteiger partial charge >= 0.3 is 0 Å². The Morgan fingerprint density at radius 3 is 2.69 bits per heavy atom. The molecule has 2 heterocycles. The molecule has 29 heavy (non-hydrogen) atoms. The molecular weight excluding hydrogens is 479 g/mol. The first-order valence-corrected chi connectivity index (χ1v) is 10.4. The SMILES string of the molecule is CCNC(=NCCc1noc(-c2ccccn2)n1)NC1CCC(C(C)C)CC1.I. The first-order valence-electron chi connectivity index (χ1n) is 10.4. The highest BCUT2D eigenvalue weighted by molar-refractivity contribution is 14.0. The molecule has 0 spiro atoms. The molecule has 0 aliphatic heterocycles. The van der Waals surface area contributed by atoms with E-state index >= 15 is 0 Å². The molecule has 0 bridgehead atoms. The topological polar surface area (TPSA) is 88.2 Å². The Bertz CT molecular complexity index is 741. The molecule has 1 aliphatic carbocycles. The van der Waals surface area contributed by atoms with Gasteiger partial charge in [0.2, 0.25) is 0 Å². The van der Waals surface area contributed by atoms with Gasteiger partial charge < -0.3 is 15.2 Å². The quantitative estimate of drug-likeness (QED) is 0.331. The van der Waals surface area contributed by atoms with Crippen molar-refractivity contribution in [3.8, 4) is 11.6 Å². The molecule has 1 fully saturated rings. The van der Waals surface area contributed by atoms with Gasteiger partial charge in [0.1, 0.15) is 5.69 Å². The van der Waals surface area contributed by atoms with E-state index in [0.717, 1.165) is 24.3 Å². The highest BCUT2D eigenvalue weighted by Gasteiger charge is 2.23. The third-order valence-corrected chi connectivity index (χ3v) is 5.36. The molecule has 0 amide bonds. The maximum atomic E-state index is 5.30. The number of aromatic nitrogens is 3. The number of nitrogens with one attached hydrogen (secondary N) is 2. The Balaban J connectivity index is 0.00000300. The van der Waals surface area contributed by atoms with Crippen LogP contribution < -0.4 is 10.6 Å². The molecule has 0 aromatic carbocycles. The van der Waals surface area contributed by atoms with Crippen LogP contribution in [0.5, 0.6) is 0 Å². The standard InChI is InChI=1S/C21H32N6O.HI/c1-4-22-21(25-17-10-8-16(9-11-17)15(2)3)24-14-12-19-26-20(28-27-19)18-7-5-6-13-23-18;/h5-7,13,15-17H,4,8-12,14H2,1-3H3,(H2,22,24,25);1H. The lowest BCUT2D eigenvalue weighted by atomic mass is 9.80. The van der Waals surface area contributed by atoms with E-state index in [0.29, 0.717) is 36.4 Å². The number of pyridine rings is 1. The Hall–Kier alpha value is -1.71. The number of nitrogens with zero attached hydrogens (tertiary/aromatic N) is 4. The van der Waals surface area contributed by atoms with E-state index in [2.05, 4.69) is 46.5 Å². The van der Waals surface area contributed by atoms with E-state index in [1.807, 2.05) is 18.2 Å². The van der Waals surface area contributed by atoms with Gasteiger partial charge in [-0.25, -0.2) is 0 Å². The van der Waals surface area contributed by atoms with Crippen molar-refractivity contribution < 1.29 is 4.52 Å². The van der Waals surface area contributed by atoms with Crippen LogP contribution in [0.15, 0.2) is 33.9 Å². The predicted octanol–water partition coefficient (Wildman–Crippen LogP) is 4.06. The van der Waals surface area contributed by atoms with Crippen molar-refractivity contribution in [3.05, 3.63) is 30.2 Å². The van der Waals surface area contributed by atoms with Crippen molar-refractivity contribution in [2.24, 2.45) is 16.8 Å². The summed E-state index contributed by atoms with van der Waals surface area (Å²) in [5.74, 6) is 3.63. The minimum atomic E-state index is 0. The monoisotopic (exact) mass is 512 g/mol. The van der Waals surface area contributed by atoms with E-state index in [1.165, 1.54) is 25.7 Å². The van der Waals surface area contributed by atoms with Crippen LogP contribution in [0.4, 0.5) is 0 Å². The molecule has 0 radical (unpaired) electrons. The van der Waals surface area contributed by atoms with Crippen molar-refractivity contribution in [3.63, 3.8) is 0 Å². The zero-order chi connectivity index (χ0) is 19.8. The van der Waals surface area contributed by atoms with Crippen molar-refractivity contribution in [2.45, 2.75) is 58.9 Å². The Morgan fingerprint density at radius 1 is 1.24 bits per heavy atom. The van der Waals surface area contributed by atoms with E-state index in [4.69, 9.17) is 9.52 Å². The minimum Gasteiger partial charge on any atom is -0.357 e. The lowest BCUT2D eigenvalue weighted by Gasteiger charge is -2.32. The van der Waals surface area contributed by atoms with E-state index in [-0.39, 0.29) is 24.0 Å². The van der Waals surface area contributed by atoms with Gasteiger partial charge in [-0.1, -0.05) is 25.1 Å². The Morgan fingerprint density at radius 2 is 2.03 bits per heavy atom. The second kappa shape index (κ2) is 12.1. The number of hydrogen-bond donors (Lipinski definition) is 2. The van der Waals surface area contributed by atoms with Gasteiger partial charge in [0.25, 0.3) is 5.89 Å². The fraction of sp³-hybridized carbons (Fsp3) is 0.619. The van der Waals surface area contributed by atoms with Crippen molar-refractivity contribution in [1.82, 2.24) is 25.8 Å². The predicted molar refractivity (Wildman–Crippen MR) is 126 cm³/mol. The molecule has 1 aliphatic rings. The van der Waals surface area contributed by atoms with Gasteiger partial charge in [-0.05, 0) is 56.6 Å². The molecule has 0 atom stereocenters. The van der Waals surface area contributed by atoms with Gasteiger partial charge in [0.15, 0.2) is 11.8 Å². The largest absolute Gasteiger partial charge is 0.357 e. The van der Waals surface area contributed by atoms with Crippen LogP contribution in [-0.4, -0.2) is 40.2 Å². The smallest absolute Gasteiger partial charge is 0.276 e. The van der Waals surface area contributed by atoms with Crippen LogP contribution in [0.2, 0.25) is 0 Å². The Labute approximate surface area is 190 Å². The third-order valence-electron chi connectivity index (χ3n) is 5.36. The molecule has 1 saturated carbocycles. The van der Waals surface area contributed by atoms with Crippen LogP contribution in [-0.2, 0) is 6.42 Å². The molecule has 2 N–H and O–H groups in total. The molecule has 3 rings (SSSR count). The summed E-state index contributed by atoms with van der Waals surface area (Å²) in [6.45, 7) is 8.21. The summed E-state index contributed by atoms with van der Waals surface area (Å²) in [6, 6.07) is 6.13. The molecule has 0 unspecified atom stereocenters. The maximum Gasteiger partial charge on any atom is 0.276 e. The van der Waals surface area contributed by atoms with Crippen LogP contribution in [0.3, 0.4) is 0 Å². The number of guanidine groups is 1. The number of aliphatic imine (C=N–C) groups is 1. The van der Waals surface area contributed by atoms with Crippen molar-refractivity contribution >= 4 is 29.9 Å². The summed E-state index contributed by atoms with van der Waals surface area (Å²) in [5, 5.41) is 11.0. The van der Waals surface area contributed by atoms with Crippen LogP contribution in [0, 0.1) is 11.8 Å². The van der Waals surface area contributed by atoms with Crippen LogP contribution in [0.1, 0.15) is 52.3 Å². The first-order chi connectivity index (χ1) is 13.7. The normalized spacial score (nSPS) is 19.7. The summed E-state index contributed by atoms with van der Waals surface area (Å²) in [5.41, 5.74) is 0.691. The zero-order valence-electron chi connectivity index (χ0n) is 17.6. The number of rotatable bonds is 7. The van der Waals surface area contributed by atoms with Gasteiger partial charge in [-0.3, -0.25) is 9.98 Å². The molecule has 160 valence electrons. The highest BCUT2D eigenvalue weighted by Crippen LogP contribution is 2.29. The highest BCUT2D eigenvalue weighted by atomic mass is 127. The molecular formula is C21H33IN6O.